The summed E-state index contributed by atoms with van der Waals surface area (Å²) in [7, 11) is 0. The Morgan fingerprint density at radius 2 is 1.83 bits per heavy atom. The van der Waals surface area contributed by atoms with Crippen LogP contribution in [0.1, 0.15) is 26.2 Å². The van der Waals surface area contributed by atoms with E-state index in [9.17, 15) is 14.0 Å². The van der Waals surface area contributed by atoms with Crippen LogP contribution in [-0.4, -0.2) is 31.4 Å². The molecule has 1 aliphatic rings. The lowest BCUT2D eigenvalue weighted by Gasteiger charge is -2.27. The third-order valence-electron chi connectivity index (χ3n) is 4.27. The molecule has 0 radical (unpaired) electrons. The van der Waals surface area contributed by atoms with Gasteiger partial charge in [-0.1, -0.05) is 6.92 Å². The van der Waals surface area contributed by atoms with Crippen LogP contribution in [0.3, 0.4) is 0 Å². The van der Waals surface area contributed by atoms with Crippen molar-refractivity contribution in [1.29, 1.82) is 0 Å². The number of nitrogens with one attached hydrogen (secondary N) is 3. The number of piperidine rings is 1. The number of anilines is 1. The molecule has 0 saturated carbocycles. The highest BCUT2D eigenvalue weighted by atomic mass is 35.5. The summed E-state index contributed by atoms with van der Waals surface area (Å²) in [6, 6.07) is 5.51. The Kier molecular flexibility index (Phi) is 8.71. The minimum Gasteiger partial charge on any atom is -0.347 e. The van der Waals surface area contributed by atoms with E-state index in [0.717, 1.165) is 25.9 Å². The van der Waals surface area contributed by atoms with Crippen LogP contribution in [0.15, 0.2) is 24.3 Å². The number of benzene rings is 1. The first kappa shape index (κ1) is 20.4. The number of amides is 2. The van der Waals surface area contributed by atoms with E-state index in [0.29, 0.717) is 23.9 Å². The molecule has 0 spiro atoms. The molecule has 1 aliphatic heterocycles. The largest absolute Gasteiger partial charge is 0.347 e. The Balaban J connectivity index is 0.00000288. The minimum absolute atomic E-state index is 0. The summed E-state index contributed by atoms with van der Waals surface area (Å²) in [6.07, 6.45) is 2.63. The second kappa shape index (κ2) is 10.3. The van der Waals surface area contributed by atoms with Gasteiger partial charge in [-0.15, -0.1) is 12.4 Å². The third kappa shape index (κ3) is 6.84. The Hall–Kier alpha value is -1.66. The maximum absolute atomic E-state index is 12.8. The lowest BCUT2D eigenvalue weighted by molar-refractivity contribution is -0.125. The molecule has 1 heterocycles. The lowest BCUT2D eigenvalue weighted by Crippen LogP contribution is -2.36. The second-order valence-electron chi connectivity index (χ2n) is 6.10. The highest BCUT2D eigenvalue weighted by molar-refractivity contribution is 5.94. The van der Waals surface area contributed by atoms with Crippen molar-refractivity contribution in [2.24, 2.45) is 11.8 Å². The van der Waals surface area contributed by atoms with E-state index in [1.807, 2.05) is 0 Å². The Morgan fingerprint density at radius 3 is 2.46 bits per heavy atom. The number of halogens is 2. The molecule has 1 aromatic carbocycles. The molecule has 1 aromatic rings. The topological polar surface area (TPSA) is 70.2 Å². The fraction of sp³-hybridized carbons (Fsp3) is 0.529. The van der Waals surface area contributed by atoms with Crippen molar-refractivity contribution in [2.45, 2.75) is 26.2 Å². The maximum Gasteiger partial charge on any atom is 0.243 e. The molecule has 1 fully saturated rings. The van der Waals surface area contributed by atoms with Gasteiger partial charge in [0.15, 0.2) is 0 Å². The average Bonchev–Trinajstić information content (AvgIpc) is 2.56. The van der Waals surface area contributed by atoms with Crippen LogP contribution in [0.4, 0.5) is 10.1 Å². The Bertz CT molecular complexity index is 533. The number of hydrogen-bond donors (Lipinski definition) is 3. The molecule has 5 nitrogen and oxygen atoms in total. The minimum atomic E-state index is -0.358. The Labute approximate surface area is 148 Å². The van der Waals surface area contributed by atoms with Crippen molar-refractivity contribution in [2.75, 3.05) is 25.0 Å². The standard InChI is InChI=1S/C17H24FN3O2.ClH/c1-12(13-6-8-19-9-7-13)10-16(22)20-11-17(23)21-15-4-2-14(18)3-5-15;/h2-5,12-13,19H,6-11H2,1H3,(H,20,22)(H,21,23);1H. The van der Waals surface area contributed by atoms with Crippen molar-refractivity contribution < 1.29 is 14.0 Å². The van der Waals surface area contributed by atoms with Crippen LogP contribution in [-0.2, 0) is 9.59 Å². The van der Waals surface area contributed by atoms with E-state index in [1.165, 1.54) is 24.3 Å². The molecular weight excluding hydrogens is 333 g/mol. The lowest BCUT2D eigenvalue weighted by atomic mass is 9.84. The van der Waals surface area contributed by atoms with Crippen LogP contribution in [0.25, 0.3) is 0 Å². The molecule has 0 bridgehead atoms. The summed E-state index contributed by atoms with van der Waals surface area (Å²) in [5, 5.41) is 8.57. The zero-order valence-corrected chi connectivity index (χ0v) is 14.6. The van der Waals surface area contributed by atoms with E-state index < -0.39 is 0 Å². The van der Waals surface area contributed by atoms with Gasteiger partial charge in [-0.05, 0) is 62.0 Å². The first-order valence-corrected chi connectivity index (χ1v) is 8.07. The van der Waals surface area contributed by atoms with Gasteiger partial charge in [-0.2, -0.15) is 0 Å². The summed E-state index contributed by atoms with van der Waals surface area (Å²) in [6.45, 7) is 4.04. The monoisotopic (exact) mass is 357 g/mol. The van der Waals surface area contributed by atoms with Gasteiger partial charge < -0.3 is 16.0 Å². The van der Waals surface area contributed by atoms with E-state index >= 15 is 0 Å². The van der Waals surface area contributed by atoms with Crippen molar-refractivity contribution in [3.8, 4) is 0 Å². The van der Waals surface area contributed by atoms with Crippen molar-refractivity contribution in [1.82, 2.24) is 10.6 Å². The van der Waals surface area contributed by atoms with Crippen LogP contribution in [0, 0.1) is 17.7 Å². The fourth-order valence-corrected chi connectivity index (χ4v) is 2.86. The molecule has 2 rings (SSSR count). The molecule has 1 unspecified atom stereocenters. The van der Waals surface area contributed by atoms with E-state index in [4.69, 9.17) is 0 Å². The molecule has 1 atom stereocenters. The number of hydrogen-bond acceptors (Lipinski definition) is 3. The predicted molar refractivity (Wildman–Crippen MR) is 94.7 cm³/mol. The van der Waals surface area contributed by atoms with Gasteiger partial charge in [0.25, 0.3) is 0 Å². The maximum atomic E-state index is 12.8. The Morgan fingerprint density at radius 1 is 1.21 bits per heavy atom. The van der Waals surface area contributed by atoms with Gasteiger partial charge in [-0.3, -0.25) is 9.59 Å². The van der Waals surface area contributed by atoms with Crippen LogP contribution in [0.5, 0.6) is 0 Å². The summed E-state index contributed by atoms with van der Waals surface area (Å²) in [5.41, 5.74) is 0.508. The van der Waals surface area contributed by atoms with E-state index in [2.05, 4.69) is 22.9 Å². The van der Waals surface area contributed by atoms with E-state index in [1.54, 1.807) is 0 Å². The molecule has 7 heteroatoms. The zero-order valence-electron chi connectivity index (χ0n) is 13.8. The highest BCUT2D eigenvalue weighted by Crippen LogP contribution is 2.24. The molecule has 3 N–H and O–H groups in total. The number of carbonyl (C=O) groups is 2. The summed E-state index contributed by atoms with van der Waals surface area (Å²) < 4.78 is 12.8. The normalized spacial score (nSPS) is 15.9. The number of carbonyl (C=O) groups excluding carboxylic acids is 2. The number of rotatable bonds is 6. The smallest absolute Gasteiger partial charge is 0.243 e. The van der Waals surface area contributed by atoms with Gasteiger partial charge in [0.2, 0.25) is 11.8 Å². The molecule has 0 aliphatic carbocycles. The van der Waals surface area contributed by atoms with Crippen LogP contribution >= 0.6 is 12.4 Å². The van der Waals surface area contributed by atoms with Gasteiger partial charge in [0.05, 0.1) is 6.54 Å². The molecule has 2 amide bonds. The van der Waals surface area contributed by atoms with Gasteiger partial charge in [0, 0.05) is 12.1 Å². The summed E-state index contributed by atoms with van der Waals surface area (Å²) in [4.78, 5) is 23.7. The van der Waals surface area contributed by atoms with Crippen LogP contribution in [0.2, 0.25) is 0 Å². The first-order valence-electron chi connectivity index (χ1n) is 8.07. The second-order valence-corrected chi connectivity index (χ2v) is 6.10. The van der Waals surface area contributed by atoms with Crippen molar-refractivity contribution in [3.63, 3.8) is 0 Å². The summed E-state index contributed by atoms with van der Waals surface area (Å²) >= 11 is 0. The van der Waals surface area contributed by atoms with Crippen molar-refractivity contribution >= 4 is 29.9 Å². The average molecular weight is 358 g/mol. The van der Waals surface area contributed by atoms with Crippen molar-refractivity contribution in [3.05, 3.63) is 30.1 Å². The van der Waals surface area contributed by atoms with Gasteiger partial charge in [0.1, 0.15) is 5.82 Å². The zero-order chi connectivity index (χ0) is 16.7. The highest BCUT2D eigenvalue weighted by Gasteiger charge is 2.22. The quantitative estimate of drug-likeness (QED) is 0.731. The summed E-state index contributed by atoms with van der Waals surface area (Å²) in [5.74, 6) is 0.0975. The fourth-order valence-electron chi connectivity index (χ4n) is 2.86. The third-order valence-corrected chi connectivity index (χ3v) is 4.27. The SMILES string of the molecule is CC(CC(=O)NCC(=O)Nc1ccc(F)cc1)C1CCNCC1.Cl. The van der Waals surface area contributed by atoms with Crippen LogP contribution < -0.4 is 16.0 Å². The van der Waals surface area contributed by atoms with Gasteiger partial charge in [-0.25, -0.2) is 4.39 Å². The predicted octanol–water partition coefficient (Wildman–Crippen LogP) is 2.33. The molecule has 24 heavy (non-hydrogen) atoms. The van der Waals surface area contributed by atoms with E-state index in [-0.39, 0.29) is 36.6 Å². The molecule has 0 aromatic heterocycles. The molecule has 1 saturated heterocycles. The van der Waals surface area contributed by atoms with Gasteiger partial charge >= 0.3 is 0 Å². The molecular formula is C17H25ClFN3O2. The first-order chi connectivity index (χ1) is 11.0. The molecule has 134 valence electrons.